The SMILES string of the molecule is COc1ccc(CN(Cc2ccc(OC)cc2)c2nc(-c3cnccc3C)cc3cc(NC(=O)[C@@H]4C[C@@H]4C(=O)N(C)C)ncc23)cc1. The Labute approximate surface area is 274 Å². The van der Waals surface area contributed by atoms with Crippen LogP contribution in [-0.2, 0) is 22.7 Å². The number of carbonyl (C=O) groups excluding carboxylic acids is 2. The molecule has 0 aliphatic heterocycles. The summed E-state index contributed by atoms with van der Waals surface area (Å²) in [4.78, 5) is 43.5. The van der Waals surface area contributed by atoms with E-state index >= 15 is 0 Å². The number of rotatable bonds is 11. The van der Waals surface area contributed by atoms with Gasteiger partial charge in [-0.1, -0.05) is 24.3 Å². The largest absolute Gasteiger partial charge is 0.497 e. The molecule has 0 radical (unpaired) electrons. The Morgan fingerprint density at radius 1 is 0.872 bits per heavy atom. The molecule has 0 unspecified atom stereocenters. The molecule has 0 spiro atoms. The average molecular weight is 631 g/mol. The van der Waals surface area contributed by atoms with Crippen molar-refractivity contribution in [2.75, 3.05) is 38.5 Å². The molecule has 47 heavy (non-hydrogen) atoms. The summed E-state index contributed by atoms with van der Waals surface area (Å²) >= 11 is 0. The van der Waals surface area contributed by atoms with Gasteiger partial charge >= 0.3 is 0 Å². The molecule has 3 heterocycles. The maximum atomic E-state index is 13.1. The smallest absolute Gasteiger partial charge is 0.229 e. The normalized spacial score (nSPS) is 15.2. The van der Waals surface area contributed by atoms with Crippen molar-refractivity contribution >= 4 is 34.2 Å². The Hall–Kier alpha value is -5.51. The number of carbonyl (C=O) groups is 2. The van der Waals surface area contributed by atoms with Crippen molar-refractivity contribution in [3.05, 3.63) is 102 Å². The average Bonchev–Trinajstić information content (AvgIpc) is 3.89. The van der Waals surface area contributed by atoms with Crippen LogP contribution in [0.15, 0.2) is 85.3 Å². The van der Waals surface area contributed by atoms with Gasteiger partial charge in [-0.3, -0.25) is 14.6 Å². The lowest BCUT2D eigenvalue weighted by molar-refractivity contribution is -0.131. The lowest BCUT2D eigenvalue weighted by Gasteiger charge is -2.26. The standard InChI is InChI=1S/C37H38N6O4/c1-23-14-15-38-19-31(23)33-16-26-17-34(41-36(44)29-18-30(29)37(45)42(2)3)39-20-32(26)35(40-33)43(21-24-6-10-27(46-4)11-7-24)22-25-8-12-28(47-5)13-9-25/h6-17,19-20,29-30H,18,21-22H2,1-5H3,(H,39,41,44)/t29-,30+/m1/s1. The zero-order valence-corrected chi connectivity index (χ0v) is 27.2. The van der Waals surface area contributed by atoms with Crippen LogP contribution in [0.5, 0.6) is 11.5 Å². The number of methoxy groups -OCH3 is 2. The minimum atomic E-state index is -0.353. The lowest BCUT2D eigenvalue weighted by Crippen LogP contribution is -2.26. The van der Waals surface area contributed by atoms with Crippen LogP contribution < -0.4 is 19.7 Å². The molecule has 1 N–H and O–H groups in total. The van der Waals surface area contributed by atoms with Crippen molar-refractivity contribution in [3.8, 4) is 22.8 Å². The number of pyridine rings is 3. The van der Waals surface area contributed by atoms with Gasteiger partial charge < -0.3 is 24.6 Å². The molecule has 0 bridgehead atoms. The summed E-state index contributed by atoms with van der Waals surface area (Å²) in [5.74, 6) is 1.88. The van der Waals surface area contributed by atoms with Gasteiger partial charge in [-0.15, -0.1) is 0 Å². The van der Waals surface area contributed by atoms with Gasteiger partial charge in [0.05, 0.1) is 31.7 Å². The van der Waals surface area contributed by atoms with Gasteiger partial charge in [0.25, 0.3) is 0 Å². The third-order valence-corrected chi connectivity index (χ3v) is 8.51. The Kier molecular flexibility index (Phi) is 9.01. The van der Waals surface area contributed by atoms with Gasteiger partial charge in [0.1, 0.15) is 23.1 Å². The summed E-state index contributed by atoms with van der Waals surface area (Å²) in [5, 5.41) is 4.65. The van der Waals surface area contributed by atoms with Crippen LogP contribution in [0.3, 0.4) is 0 Å². The fraction of sp³-hybridized carbons (Fsp3) is 0.270. The summed E-state index contributed by atoms with van der Waals surface area (Å²) in [7, 11) is 6.73. The van der Waals surface area contributed by atoms with Gasteiger partial charge in [0.2, 0.25) is 11.8 Å². The number of anilines is 2. The molecule has 1 aliphatic carbocycles. The third kappa shape index (κ3) is 7.01. The number of fused-ring (bicyclic) bond motifs is 1. The quantitative estimate of drug-likeness (QED) is 0.193. The third-order valence-electron chi connectivity index (χ3n) is 8.51. The van der Waals surface area contributed by atoms with E-state index in [1.165, 1.54) is 4.90 Å². The fourth-order valence-electron chi connectivity index (χ4n) is 5.73. The fourth-order valence-corrected chi connectivity index (χ4v) is 5.73. The van der Waals surface area contributed by atoms with Crippen LogP contribution in [-0.4, -0.2) is 60.0 Å². The lowest BCUT2D eigenvalue weighted by atomic mass is 10.0. The number of aromatic nitrogens is 3. The summed E-state index contributed by atoms with van der Waals surface area (Å²) in [6.45, 7) is 3.17. The molecule has 5 aromatic rings. The predicted octanol–water partition coefficient (Wildman–Crippen LogP) is 5.89. The van der Waals surface area contributed by atoms with E-state index in [9.17, 15) is 9.59 Å². The number of aryl methyl sites for hydroxylation is 1. The highest BCUT2D eigenvalue weighted by atomic mass is 16.5. The minimum absolute atomic E-state index is 0.0300. The number of benzene rings is 2. The number of ether oxygens (including phenoxy) is 2. The summed E-state index contributed by atoms with van der Waals surface area (Å²) in [5.41, 5.74) is 4.88. The molecule has 1 fully saturated rings. The molecule has 10 nitrogen and oxygen atoms in total. The Bertz CT molecular complexity index is 1860. The molecule has 1 saturated carbocycles. The monoisotopic (exact) mass is 630 g/mol. The maximum Gasteiger partial charge on any atom is 0.229 e. The predicted molar refractivity (Wildman–Crippen MR) is 182 cm³/mol. The highest BCUT2D eigenvalue weighted by molar-refractivity contribution is 6.01. The highest BCUT2D eigenvalue weighted by Gasteiger charge is 2.48. The topological polar surface area (TPSA) is 110 Å². The molecule has 1 aliphatic rings. The van der Waals surface area contributed by atoms with Gasteiger partial charge in [-0.2, -0.15) is 0 Å². The summed E-state index contributed by atoms with van der Waals surface area (Å²) in [6, 6.07) is 21.9. The number of nitrogens with one attached hydrogen (secondary N) is 1. The minimum Gasteiger partial charge on any atom is -0.497 e. The van der Waals surface area contributed by atoms with E-state index in [4.69, 9.17) is 14.5 Å². The van der Waals surface area contributed by atoms with E-state index in [2.05, 4.69) is 44.5 Å². The van der Waals surface area contributed by atoms with Crippen LogP contribution >= 0.6 is 0 Å². The Balaban J connectivity index is 1.42. The van der Waals surface area contributed by atoms with Crippen molar-refractivity contribution in [2.24, 2.45) is 11.8 Å². The Morgan fingerprint density at radius 3 is 2.09 bits per heavy atom. The second-order valence-electron chi connectivity index (χ2n) is 12.0. The van der Waals surface area contributed by atoms with E-state index < -0.39 is 0 Å². The second kappa shape index (κ2) is 13.5. The first-order chi connectivity index (χ1) is 22.7. The molecule has 6 rings (SSSR count). The van der Waals surface area contributed by atoms with Crippen LogP contribution in [0.25, 0.3) is 22.0 Å². The van der Waals surface area contributed by atoms with E-state index in [-0.39, 0.29) is 23.7 Å². The van der Waals surface area contributed by atoms with E-state index in [0.29, 0.717) is 25.3 Å². The molecule has 2 amide bonds. The molecular weight excluding hydrogens is 592 g/mol. The molecule has 2 aromatic carbocycles. The molecule has 3 aromatic heterocycles. The van der Waals surface area contributed by atoms with Gasteiger partial charge in [0.15, 0.2) is 0 Å². The highest BCUT2D eigenvalue weighted by Crippen LogP contribution is 2.41. The van der Waals surface area contributed by atoms with Crippen molar-refractivity contribution in [1.82, 2.24) is 19.9 Å². The molecule has 240 valence electrons. The van der Waals surface area contributed by atoms with E-state index in [1.807, 2.05) is 55.6 Å². The summed E-state index contributed by atoms with van der Waals surface area (Å²) in [6.07, 6.45) is 5.89. The van der Waals surface area contributed by atoms with Gasteiger partial charge in [-0.25, -0.2) is 9.97 Å². The van der Waals surface area contributed by atoms with Crippen molar-refractivity contribution < 1.29 is 19.1 Å². The molecule has 2 atom stereocenters. The first kappa shape index (κ1) is 31.5. The van der Waals surface area contributed by atoms with E-state index in [1.54, 1.807) is 40.7 Å². The van der Waals surface area contributed by atoms with Crippen LogP contribution in [0.1, 0.15) is 23.1 Å². The molecule has 10 heteroatoms. The number of hydrogen-bond donors (Lipinski definition) is 1. The van der Waals surface area contributed by atoms with Crippen molar-refractivity contribution in [1.29, 1.82) is 0 Å². The number of nitrogens with zero attached hydrogens (tertiary/aromatic N) is 5. The van der Waals surface area contributed by atoms with Crippen molar-refractivity contribution in [3.63, 3.8) is 0 Å². The molecule has 0 saturated heterocycles. The van der Waals surface area contributed by atoms with Crippen LogP contribution in [0.4, 0.5) is 11.6 Å². The number of hydrogen-bond acceptors (Lipinski definition) is 8. The molecular formula is C37H38N6O4. The summed E-state index contributed by atoms with van der Waals surface area (Å²) < 4.78 is 10.8. The van der Waals surface area contributed by atoms with Crippen LogP contribution in [0.2, 0.25) is 0 Å². The van der Waals surface area contributed by atoms with Crippen LogP contribution in [0, 0.1) is 18.8 Å². The zero-order chi connectivity index (χ0) is 33.1. The van der Waals surface area contributed by atoms with Crippen molar-refractivity contribution in [2.45, 2.75) is 26.4 Å². The Morgan fingerprint density at radius 2 is 1.51 bits per heavy atom. The number of amides is 2. The first-order valence-electron chi connectivity index (χ1n) is 15.5. The van der Waals surface area contributed by atoms with Gasteiger partial charge in [-0.05, 0) is 77.9 Å². The first-order valence-corrected chi connectivity index (χ1v) is 15.5. The second-order valence-corrected chi connectivity index (χ2v) is 12.0. The zero-order valence-electron chi connectivity index (χ0n) is 27.2. The van der Waals surface area contributed by atoms with Gasteiger partial charge in [0, 0.05) is 56.7 Å². The van der Waals surface area contributed by atoms with E-state index in [0.717, 1.165) is 56.0 Å². The maximum absolute atomic E-state index is 13.1.